The fraction of sp³-hybridized carbons (Fsp3) is 0.533. The first-order chi connectivity index (χ1) is 10.6. The Hall–Kier alpha value is -1.73. The summed E-state index contributed by atoms with van der Waals surface area (Å²) in [6.07, 6.45) is 0.935. The SMILES string of the molecule is CC1CN(C(=O)CCc2nc(-c3ccsc3)no2)C(C)CO1. The van der Waals surface area contributed by atoms with Gasteiger partial charge in [0.15, 0.2) is 0 Å². The van der Waals surface area contributed by atoms with Gasteiger partial charge in [-0.25, -0.2) is 0 Å². The van der Waals surface area contributed by atoms with Crippen LogP contribution < -0.4 is 0 Å². The van der Waals surface area contributed by atoms with Crippen molar-refractivity contribution in [1.82, 2.24) is 15.0 Å². The summed E-state index contributed by atoms with van der Waals surface area (Å²) in [4.78, 5) is 18.6. The number of ether oxygens (including phenoxy) is 1. The minimum atomic E-state index is 0.0914. The van der Waals surface area contributed by atoms with Gasteiger partial charge in [-0.3, -0.25) is 4.79 Å². The number of aryl methyl sites for hydroxylation is 1. The number of carbonyl (C=O) groups is 1. The number of hydrogen-bond donors (Lipinski definition) is 0. The van der Waals surface area contributed by atoms with Crippen molar-refractivity contribution in [3.63, 3.8) is 0 Å². The molecule has 2 atom stereocenters. The molecule has 3 heterocycles. The Bertz CT molecular complexity index is 626. The van der Waals surface area contributed by atoms with Gasteiger partial charge in [-0.2, -0.15) is 16.3 Å². The highest BCUT2D eigenvalue weighted by Gasteiger charge is 2.27. The molecule has 0 aliphatic carbocycles. The van der Waals surface area contributed by atoms with E-state index in [1.165, 1.54) is 0 Å². The Morgan fingerprint density at radius 1 is 1.50 bits per heavy atom. The van der Waals surface area contributed by atoms with Crippen molar-refractivity contribution in [2.24, 2.45) is 0 Å². The Kier molecular flexibility index (Phi) is 4.54. The second-order valence-corrected chi connectivity index (χ2v) is 6.34. The molecule has 0 radical (unpaired) electrons. The number of rotatable bonds is 4. The summed E-state index contributed by atoms with van der Waals surface area (Å²) < 4.78 is 10.8. The first kappa shape index (κ1) is 15.2. The summed E-state index contributed by atoms with van der Waals surface area (Å²) in [6, 6.07) is 2.06. The smallest absolute Gasteiger partial charge is 0.227 e. The standard InChI is InChI=1S/C15H19N3O3S/c1-10-8-20-11(2)7-18(10)14(19)4-3-13-16-15(17-21-13)12-5-6-22-9-12/h5-6,9-11H,3-4,7-8H2,1-2H3. The van der Waals surface area contributed by atoms with Gasteiger partial charge in [0.25, 0.3) is 0 Å². The van der Waals surface area contributed by atoms with Crippen LogP contribution in [-0.2, 0) is 16.0 Å². The summed E-state index contributed by atoms with van der Waals surface area (Å²) in [6.45, 7) is 5.22. The number of thiophene rings is 1. The van der Waals surface area contributed by atoms with Gasteiger partial charge in [0.1, 0.15) is 0 Å². The van der Waals surface area contributed by atoms with Crippen molar-refractivity contribution in [2.75, 3.05) is 13.2 Å². The number of nitrogens with zero attached hydrogens (tertiary/aromatic N) is 3. The van der Waals surface area contributed by atoms with E-state index < -0.39 is 0 Å². The van der Waals surface area contributed by atoms with Gasteiger partial charge in [0, 0.05) is 30.3 Å². The summed E-state index contributed by atoms with van der Waals surface area (Å²) in [5.74, 6) is 1.19. The van der Waals surface area contributed by atoms with E-state index in [1.807, 2.05) is 35.6 Å². The van der Waals surface area contributed by atoms with Crippen molar-refractivity contribution in [3.8, 4) is 11.4 Å². The van der Waals surface area contributed by atoms with E-state index >= 15 is 0 Å². The number of carbonyl (C=O) groups excluding carboxylic acids is 1. The molecule has 0 aromatic carbocycles. The number of amides is 1. The second kappa shape index (κ2) is 6.58. The minimum absolute atomic E-state index is 0.0914. The molecule has 1 aliphatic rings. The van der Waals surface area contributed by atoms with Crippen LogP contribution in [0.25, 0.3) is 11.4 Å². The zero-order valence-electron chi connectivity index (χ0n) is 12.7. The van der Waals surface area contributed by atoms with Crippen LogP contribution in [0, 0.1) is 0 Å². The van der Waals surface area contributed by atoms with Gasteiger partial charge in [0.05, 0.1) is 18.8 Å². The third kappa shape index (κ3) is 3.36. The lowest BCUT2D eigenvalue weighted by molar-refractivity contribution is -0.143. The molecule has 1 fully saturated rings. The largest absolute Gasteiger partial charge is 0.375 e. The molecule has 1 amide bonds. The van der Waals surface area contributed by atoms with Crippen molar-refractivity contribution in [2.45, 2.75) is 38.8 Å². The fourth-order valence-electron chi connectivity index (χ4n) is 2.47. The van der Waals surface area contributed by atoms with Crippen LogP contribution in [0.15, 0.2) is 21.3 Å². The van der Waals surface area contributed by atoms with Crippen LogP contribution in [0.3, 0.4) is 0 Å². The van der Waals surface area contributed by atoms with E-state index in [2.05, 4.69) is 10.1 Å². The summed E-state index contributed by atoms with van der Waals surface area (Å²) in [7, 11) is 0. The second-order valence-electron chi connectivity index (χ2n) is 5.56. The number of aromatic nitrogens is 2. The molecule has 0 saturated carbocycles. The molecule has 0 bridgehead atoms. The monoisotopic (exact) mass is 321 g/mol. The van der Waals surface area contributed by atoms with Gasteiger partial charge in [-0.1, -0.05) is 5.16 Å². The van der Waals surface area contributed by atoms with E-state index in [1.54, 1.807) is 11.3 Å². The molecule has 6 nitrogen and oxygen atoms in total. The van der Waals surface area contributed by atoms with Crippen molar-refractivity contribution in [1.29, 1.82) is 0 Å². The predicted octanol–water partition coefficient (Wildman–Crippen LogP) is 2.37. The summed E-state index contributed by atoms with van der Waals surface area (Å²) >= 11 is 1.59. The van der Waals surface area contributed by atoms with Crippen LogP contribution in [0.2, 0.25) is 0 Å². The third-order valence-corrected chi connectivity index (χ3v) is 4.41. The molecule has 0 N–H and O–H groups in total. The van der Waals surface area contributed by atoms with E-state index in [4.69, 9.17) is 9.26 Å². The molecular weight excluding hydrogens is 302 g/mol. The lowest BCUT2D eigenvalue weighted by Crippen LogP contribution is -2.50. The quantitative estimate of drug-likeness (QED) is 0.865. The zero-order valence-corrected chi connectivity index (χ0v) is 13.5. The molecule has 2 aromatic heterocycles. The molecule has 3 rings (SSSR count). The Balaban J connectivity index is 1.57. The minimum Gasteiger partial charge on any atom is -0.375 e. The predicted molar refractivity (Wildman–Crippen MR) is 82.5 cm³/mol. The molecular formula is C15H19N3O3S. The topological polar surface area (TPSA) is 68.5 Å². The molecule has 2 aromatic rings. The van der Waals surface area contributed by atoms with Gasteiger partial charge in [-0.05, 0) is 25.3 Å². The number of morpholine rings is 1. The maximum atomic E-state index is 12.3. The Labute approximate surface area is 133 Å². The fourth-order valence-corrected chi connectivity index (χ4v) is 3.11. The maximum absolute atomic E-state index is 12.3. The Morgan fingerprint density at radius 2 is 2.36 bits per heavy atom. The first-order valence-corrected chi connectivity index (χ1v) is 8.34. The highest BCUT2D eigenvalue weighted by molar-refractivity contribution is 7.08. The molecule has 1 saturated heterocycles. The van der Waals surface area contributed by atoms with Gasteiger partial charge in [-0.15, -0.1) is 0 Å². The van der Waals surface area contributed by atoms with Crippen LogP contribution >= 0.6 is 11.3 Å². The van der Waals surface area contributed by atoms with Crippen molar-refractivity contribution < 1.29 is 14.1 Å². The lowest BCUT2D eigenvalue weighted by Gasteiger charge is -2.36. The average molecular weight is 321 g/mol. The lowest BCUT2D eigenvalue weighted by atomic mass is 10.1. The highest BCUT2D eigenvalue weighted by atomic mass is 32.1. The van der Waals surface area contributed by atoms with Crippen LogP contribution in [0.1, 0.15) is 26.2 Å². The van der Waals surface area contributed by atoms with E-state index in [9.17, 15) is 4.79 Å². The van der Waals surface area contributed by atoms with E-state index in [-0.39, 0.29) is 18.1 Å². The molecule has 1 aliphatic heterocycles. The van der Waals surface area contributed by atoms with Gasteiger partial charge >= 0.3 is 0 Å². The first-order valence-electron chi connectivity index (χ1n) is 7.39. The molecule has 7 heteroatoms. The Morgan fingerprint density at radius 3 is 3.14 bits per heavy atom. The maximum Gasteiger partial charge on any atom is 0.227 e. The zero-order chi connectivity index (χ0) is 15.5. The third-order valence-electron chi connectivity index (χ3n) is 3.73. The summed E-state index contributed by atoms with van der Waals surface area (Å²) in [5.41, 5.74) is 0.946. The van der Waals surface area contributed by atoms with Gasteiger partial charge in [0.2, 0.25) is 17.6 Å². The average Bonchev–Trinajstić information content (AvgIpc) is 3.17. The number of hydrogen-bond acceptors (Lipinski definition) is 6. The van der Waals surface area contributed by atoms with E-state index in [0.29, 0.717) is 37.7 Å². The highest BCUT2D eigenvalue weighted by Crippen LogP contribution is 2.19. The van der Waals surface area contributed by atoms with Crippen molar-refractivity contribution >= 4 is 17.2 Å². The molecule has 118 valence electrons. The normalized spacial score (nSPS) is 22.0. The molecule has 0 spiro atoms. The van der Waals surface area contributed by atoms with Crippen molar-refractivity contribution in [3.05, 3.63) is 22.7 Å². The molecule has 22 heavy (non-hydrogen) atoms. The molecule has 2 unspecified atom stereocenters. The van der Waals surface area contributed by atoms with E-state index in [0.717, 1.165) is 5.56 Å². The van der Waals surface area contributed by atoms with Crippen LogP contribution in [-0.4, -0.2) is 46.2 Å². The summed E-state index contributed by atoms with van der Waals surface area (Å²) in [5, 5.41) is 7.89. The van der Waals surface area contributed by atoms with Crippen LogP contribution in [0.5, 0.6) is 0 Å². The van der Waals surface area contributed by atoms with Crippen LogP contribution in [0.4, 0.5) is 0 Å². The van der Waals surface area contributed by atoms with Gasteiger partial charge < -0.3 is 14.2 Å².